The second-order valence-electron chi connectivity index (χ2n) is 6.42. The van der Waals surface area contributed by atoms with Crippen molar-refractivity contribution in [3.05, 3.63) is 24.4 Å². The van der Waals surface area contributed by atoms with E-state index in [2.05, 4.69) is 37.1 Å². The summed E-state index contributed by atoms with van der Waals surface area (Å²) in [5, 5.41) is 3.62. The fourth-order valence-electron chi connectivity index (χ4n) is 3.98. The van der Waals surface area contributed by atoms with Gasteiger partial charge in [0.25, 0.3) is 0 Å². The summed E-state index contributed by atoms with van der Waals surface area (Å²) in [6.07, 6.45) is 4.61. The highest BCUT2D eigenvalue weighted by Gasteiger charge is 2.56. The van der Waals surface area contributed by atoms with E-state index in [4.69, 9.17) is 0 Å². The number of pyridine rings is 1. The summed E-state index contributed by atoms with van der Waals surface area (Å²) in [6.45, 7) is 7.29. The summed E-state index contributed by atoms with van der Waals surface area (Å²) in [5.41, 5.74) is 0.571. The number of aromatic nitrogens is 1. The number of nitrogens with zero attached hydrogens (tertiary/aromatic N) is 1. The maximum Gasteiger partial charge on any atom is 0.126 e. The fourth-order valence-corrected chi connectivity index (χ4v) is 3.98. The fraction of sp³-hybridized carbons (Fsp3) is 0.667. The lowest BCUT2D eigenvalue weighted by Gasteiger charge is -2.62. The quantitative estimate of drug-likeness (QED) is 0.840. The largest absolute Gasteiger partial charge is 0.367 e. The first-order valence-corrected chi connectivity index (χ1v) is 6.76. The maximum absolute atomic E-state index is 4.37. The Morgan fingerprint density at radius 1 is 1.29 bits per heavy atom. The molecule has 3 saturated carbocycles. The SMILES string of the molecule is CC1C(Nc2ccccn2)C[C@H]2C[C@@H]1C2(C)C. The van der Waals surface area contributed by atoms with Crippen LogP contribution in [0.2, 0.25) is 0 Å². The molecule has 3 aliphatic carbocycles. The highest BCUT2D eigenvalue weighted by molar-refractivity contribution is 5.35. The van der Waals surface area contributed by atoms with Crippen molar-refractivity contribution in [1.29, 1.82) is 0 Å². The molecule has 92 valence electrons. The van der Waals surface area contributed by atoms with Gasteiger partial charge < -0.3 is 5.32 Å². The first kappa shape index (κ1) is 11.1. The lowest BCUT2D eigenvalue weighted by Crippen LogP contribution is -2.58. The topological polar surface area (TPSA) is 24.9 Å². The molecule has 2 unspecified atom stereocenters. The molecule has 1 aromatic rings. The summed E-state index contributed by atoms with van der Waals surface area (Å²) in [7, 11) is 0. The van der Waals surface area contributed by atoms with Gasteiger partial charge in [-0.2, -0.15) is 0 Å². The number of nitrogens with one attached hydrogen (secondary N) is 1. The average molecular weight is 230 g/mol. The van der Waals surface area contributed by atoms with Gasteiger partial charge in [0.05, 0.1) is 0 Å². The van der Waals surface area contributed by atoms with Gasteiger partial charge in [-0.1, -0.05) is 26.8 Å². The minimum Gasteiger partial charge on any atom is -0.367 e. The first-order valence-electron chi connectivity index (χ1n) is 6.76. The number of hydrogen-bond donors (Lipinski definition) is 1. The zero-order valence-corrected chi connectivity index (χ0v) is 11.0. The van der Waals surface area contributed by atoms with E-state index in [1.807, 2.05) is 18.3 Å². The van der Waals surface area contributed by atoms with Crippen LogP contribution < -0.4 is 5.32 Å². The van der Waals surface area contributed by atoms with E-state index in [1.165, 1.54) is 12.8 Å². The third kappa shape index (κ3) is 1.65. The second kappa shape index (κ2) is 3.72. The number of anilines is 1. The molecule has 2 nitrogen and oxygen atoms in total. The molecule has 0 aromatic carbocycles. The molecule has 0 radical (unpaired) electrons. The predicted octanol–water partition coefficient (Wildman–Crippen LogP) is 3.56. The Morgan fingerprint density at radius 3 is 2.71 bits per heavy atom. The molecule has 1 N–H and O–H groups in total. The van der Waals surface area contributed by atoms with Crippen LogP contribution in [0.5, 0.6) is 0 Å². The zero-order chi connectivity index (χ0) is 12.0. The Balaban J connectivity index is 1.71. The summed E-state index contributed by atoms with van der Waals surface area (Å²) in [4.78, 5) is 4.37. The monoisotopic (exact) mass is 230 g/mol. The molecule has 0 spiro atoms. The van der Waals surface area contributed by atoms with Gasteiger partial charge in [0.2, 0.25) is 0 Å². The van der Waals surface area contributed by atoms with E-state index in [0.29, 0.717) is 11.5 Å². The number of fused-ring (bicyclic) bond motifs is 2. The van der Waals surface area contributed by atoms with Crippen molar-refractivity contribution < 1.29 is 0 Å². The van der Waals surface area contributed by atoms with Crippen molar-refractivity contribution >= 4 is 5.82 Å². The average Bonchev–Trinajstić information content (AvgIpc) is 2.32. The Labute approximate surface area is 104 Å². The minimum atomic E-state index is 0.571. The van der Waals surface area contributed by atoms with Crippen LogP contribution in [0.3, 0.4) is 0 Å². The highest BCUT2D eigenvalue weighted by atomic mass is 15.0. The Morgan fingerprint density at radius 2 is 2.12 bits per heavy atom. The van der Waals surface area contributed by atoms with Crippen LogP contribution in [0.15, 0.2) is 24.4 Å². The predicted molar refractivity (Wildman–Crippen MR) is 70.8 cm³/mol. The molecular weight excluding hydrogens is 208 g/mol. The van der Waals surface area contributed by atoms with Crippen molar-refractivity contribution in [3.8, 4) is 0 Å². The van der Waals surface area contributed by atoms with Gasteiger partial charge in [-0.05, 0) is 48.1 Å². The summed E-state index contributed by atoms with van der Waals surface area (Å²) in [5.74, 6) is 3.59. The van der Waals surface area contributed by atoms with E-state index < -0.39 is 0 Å². The van der Waals surface area contributed by atoms with Crippen LogP contribution in [0.4, 0.5) is 5.82 Å². The Bertz CT molecular complexity index is 399. The van der Waals surface area contributed by atoms with Crippen molar-refractivity contribution in [3.63, 3.8) is 0 Å². The van der Waals surface area contributed by atoms with Crippen LogP contribution >= 0.6 is 0 Å². The second-order valence-corrected chi connectivity index (χ2v) is 6.42. The molecule has 0 aliphatic heterocycles. The molecule has 2 heteroatoms. The van der Waals surface area contributed by atoms with Crippen molar-refractivity contribution in [2.75, 3.05) is 5.32 Å². The summed E-state index contributed by atoms with van der Waals surface area (Å²) < 4.78 is 0. The van der Waals surface area contributed by atoms with Gasteiger partial charge in [0.1, 0.15) is 5.82 Å². The number of hydrogen-bond acceptors (Lipinski definition) is 2. The third-order valence-corrected chi connectivity index (χ3v) is 5.35. The smallest absolute Gasteiger partial charge is 0.126 e. The van der Waals surface area contributed by atoms with Crippen molar-refractivity contribution in [1.82, 2.24) is 4.98 Å². The van der Waals surface area contributed by atoms with Crippen LogP contribution in [0.1, 0.15) is 33.6 Å². The zero-order valence-electron chi connectivity index (χ0n) is 11.0. The summed E-state index contributed by atoms with van der Waals surface area (Å²) >= 11 is 0. The van der Waals surface area contributed by atoms with E-state index in [-0.39, 0.29) is 0 Å². The molecule has 4 rings (SSSR count). The Kier molecular flexibility index (Phi) is 2.42. The first-order chi connectivity index (χ1) is 8.09. The van der Waals surface area contributed by atoms with Crippen LogP contribution in [-0.2, 0) is 0 Å². The van der Waals surface area contributed by atoms with Gasteiger partial charge in [0.15, 0.2) is 0 Å². The molecule has 0 saturated heterocycles. The molecule has 3 aliphatic rings. The molecule has 1 aromatic heterocycles. The minimum absolute atomic E-state index is 0.571. The van der Waals surface area contributed by atoms with Crippen LogP contribution in [0.25, 0.3) is 0 Å². The molecule has 0 amide bonds. The molecule has 3 fully saturated rings. The molecule has 1 heterocycles. The van der Waals surface area contributed by atoms with Gasteiger partial charge in [-0.15, -0.1) is 0 Å². The van der Waals surface area contributed by atoms with Gasteiger partial charge in [0, 0.05) is 12.2 Å². The molecule has 4 atom stereocenters. The maximum atomic E-state index is 4.37. The lowest BCUT2D eigenvalue weighted by molar-refractivity contribution is -0.105. The highest BCUT2D eigenvalue weighted by Crippen LogP contribution is 2.61. The third-order valence-electron chi connectivity index (χ3n) is 5.35. The normalized spacial score (nSPS) is 38.3. The van der Waals surface area contributed by atoms with Crippen LogP contribution in [0, 0.1) is 23.2 Å². The number of rotatable bonds is 2. The lowest BCUT2D eigenvalue weighted by atomic mass is 9.45. The van der Waals surface area contributed by atoms with Gasteiger partial charge >= 0.3 is 0 Å². The molecule has 17 heavy (non-hydrogen) atoms. The van der Waals surface area contributed by atoms with E-state index in [0.717, 1.165) is 23.6 Å². The van der Waals surface area contributed by atoms with Crippen LogP contribution in [-0.4, -0.2) is 11.0 Å². The summed E-state index contributed by atoms with van der Waals surface area (Å²) in [6, 6.07) is 6.70. The van der Waals surface area contributed by atoms with Crippen molar-refractivity contribution in [2.45, 2.75) is 39.7 Å². The van der Waals surface area contributed by atoms with E-state index >= 15 is 0 Å². The van der Waals surface area contributed by atoms with Gasteiger partial charge in [-0.3, -0.25) is 0 Å². The van der Waals surface area contributed by atoms with Gasteiger partial charge in [-0.25, -0.2) is 4.98 Å². The van der Waals surface area contributed by atoms with E-state index in [9.17, 15) is 0 Å². The van der Waals surface area contributed by atoms with Crippen molar-refractivity contribution in [2.24, 2.45) is 23.2 Å². The Hall–Kier alpha value is -1.05. The standard InChI is InChI=1S/C15H22N2/c1-10-12-8-11(15(12,2)3)9-13(10)17-14-6-4-5-7-16-14/h4-7,10-13H,8-9H2,1-3H3,(H,16,17)/t10?,11-,12+,13?/m1/s1. The molecular formula is C15H22N2. The molecule has 2 bridgehead atoms. The van der Waals surface area contributed by atoms with E-state index in [1.54, 1.807) is 0 Å².